The first-order chi connectivity index (χ1) is 11.7. The number of hydrogen-bond donors (Lipinski definition) is 2. The maximum atomic E-state index is 12.3. The van der Waals surface area contributed by atoms with Gasteiger partial charge in [0, 0.05) is 18.4 Å². The normalized spacial score (nSPS) is 22.0. The van der Waals surface area contributed by atoms with Gasteiger partial charge in [-0.15, -0.1) is 0 Å². The summed E-state index contributed by atoms with van der Waals surface area (Å²) < 4.78 is 0. The molecule has 0 bridgehead atoms. The highest BCUT2D eigenvalue weighted by molar-refractivity contribution is 5.89. The fourth-order valence-electron chi connectivity index (χ4n) is 3.41. The van der Waals surface area contributed by atoms with Gasteiger partial charge in [0.05, 0.1) is 18.1 Å². The summed E-state index contributed by atoms with van der Waals surface area (Å²) in [5, 5.41) is 5.91. The average Bonchev–Trinajstić information content (AvgIpc) is 3.34. The Kier molecular flexibility index (Phi) is 3.92. The predicted molar refractivity (Wildman–Crippen MR) is 93.0 cm³/mol. The van der Waals surface area contributed by atoms with Crippen LogP contribution < -0.4 is 10.6 Å². The van der Waals surface area contributed by atoms with E-state index >= 15 is 0 Å². The minimum absolute atomic E-state index is 0.123. The first kappa shape index (κ1) is 15.1. The van der Waals surface area contributed by atoms with Crippen molar-refractivity contribution in [3.05, 3.63) is 53.6 Å². The molecule has 1 heterocycles. The van der Waals surface area contributed by atoms with Gasteiger partial charge in [-0.25, -0.2) is 14.8 Å². The molecule has 1 aromatic heterocycles. The highest BCUT2D eigenvalue weighted by atomic mass is 16.2. The Labute approximate surface area is 141 Å². The molecular formula is C19H22N4O. The zero-order valence-corrected chi connectivity index (χ0v) is 13.8. The summed E-state index contributed by atoms with van der Waals surface area (Å²) in [6.45, 7) is 2.16. The lowest BCUT2D eigenvalue weighted by Crippen LogP contribution is -2.39. The van der Waals surface area contributed by atoms with Gasteiger partial charge in [0.25, 0.3) is 0 Å². The highest BCUT2D eigenvalue weighted by Crippen LogP contribution is 2.33. The van der Waals surface area contributed by atoms with Gasteiger partial charge in [0.15, 0.2) is 0 Å². The minimum Gasteiger partial charge on any atom is -0.334 e. The van der Waals surface area contributed by atoms with Gasteiger partial charge in [0.2, 0.25) is 0 Å². The van der Waals surface area contributed by atoms with Crippen molar-refractivity contribution in [2.45, 2.75) is 44.6 Å². The van der Waals surface area contributed by atoms with Crippen molar-refractivity contribution in [2.24, 2.45) is 5.92 Å². The zero-order valence-electron chi connectivity index (χ0n) is 13.8. The Balaban J connectivity index is 1.33. The number of urea groups is 1. The van der Waals surface area contributed by atoms with E-state index in [-0.39, 0.29) is 12.1 Å². The van der Waals surface area contributed by atoms with Crippen LogP contribution in [0.4, 0.5) is 10.5 Å². The molecule has 124 valence electrons. The fraction of sp³-hybridized carbons (Fsp3) is 0.421. The van der Waals surface area contributed by atoms with Crippen LogP contribution >= 0.6 is 0 Å². The summed E-state index contributed by atoms with van der Waals surface area (Å²) >= 11 is 0. The Hall–Kier alpha value is -2.43. The van der Waals surface area contributed by atoms with E-state index in [1.54, 1.807) is 12.4 Å². The van der Waals surface area contributed by atoms with Gasteiger partial charge in [-0.2, -0.15) is 0 Å². The van der Waals surface area contributed by atoms with E-state index in [0.717, 1.165) is 24.6 Å². The van der Waals surface area contributed by atoms with Gasteiger partial charge in [-0.1, -0.05) is 31.2 Å². The van der Waals surface area contributed by atoms with Crippen LogP contribution in [0.2, 0.25) is 0 Å². The number of nitrogens with zero attached hydrogens (tertiary/aromatic N) is 2. The van der Waals surface area contributed by atoms with Crippen LogP contribution in [0.1, 0.15) is 42.6 Å². The molecule has 2 atom stereocenters. The number of aromatic nitrogens is 2. The number of benzene rings is 1. The molecule has 5 nitrogen and oxygen atoms in total. The molecule has 4 rings (SSSR count). The van der Waals surface area contributed by atoms with Crippen molar-refractivity contribution in [1.82, 2.24) is 15.3 Å². The first-order valence-corrected chi connectivity index (χ1v) is 8.65. The smallest absolute Gasteiger partial charge is 0.319 e. The van der Waals surface area contributed by atoms with Gasteiger partial charge in [-0.3, -0.25) is 0 Å². The summed E-state index contributed by atoms with van der Waals surface area (Å²) in [6, 6.07) is 8.31. The molecule has 2 aliphatic carbocycles. The summed E-state index contributed by atoms with van der Waals surface area (Å²) in [6.07, 6.45) is 7.78. The molecule has 0 radical (unpaired) electrons. The summed E-state index contributed by atoms with van der Waals surface area (Å²) in [4.78, 5) is 20.9. The quantitative estimate of drug-likeness (QED) is 0.908. The van der Waals surface area contributed by atoms with Crippen molar-refractivity contribution in [3.63, 3.8) is 0 Å². The van der Waals surface area contributed by atoms with Crippen LogP contribution in [0.15, 0.2) is 36.7 Å². The third kappa shape index (κ3) is 3.25. The number of carbonyl (C=O) groups is 1. The van der Waals surface area contributed by atoms with Gasteiger partial charge < -0.3 is 10.6 Å². The number of carbonyl (C=O) groups excluding carboxylic acids is 1. The molecule has 0 saturated heterocycles. The lowest BCUT2D eigenvalue weighted by molar-refractivity contribution is 0.247. The fourth-order valence-corrected chi connectivity index (χ4v) is 3.41. The Bertz CT molecular complexity index is 739. The maximum Gasteiger partial charge on any atom is 0.319 e. The molecule has 2 N–H and O–H groups in total. The molecule has 1 saturated carbocycles. The number of amides is 2. The molecule has 5 heteroatoms. The van der Waals surface area contributed by atoms with Crippen molar-refractivity contribution in [2.75, 3.05) is 5.32 Å². The topological polar surface area (TPSA) is 66.9 Å². The van der Waals surface area contributed by atoms with Crippen LogP contribution in [-0.4, -0.2) is 22.0 Å². The number of fused-ring (bicyclic) bond motifs is 1. The lowest BCUT2D eigenvalue weighted by atomic mass is 10.0. The number of hydrogen-bond acceptors (Lipinski definition) is 3. The first-order valence-electron chi connectivity index (χ1n) is 8.65. The van der Waals surface area contributed by atoms with Crippen LogP contribution in [0.3, 0.4) is 0 Å². The predicted octanol–water partition coefficient (Wildman–Crippen LogP) is 3.28. The van der Waals surface area contributed by atoms with Crippen LogP contribution in [0.5, 0.6) is 0 Å². The van der Waals surface area contributed by atoms with E-state index in [1.807, 2.05) is 0 Å². The molecule has 0 spiro atoms. The van der Waals surface area contributed by atoms with E-state index < -0.39 is 0 Å². The van der Waals surface area contributed by atoms with Gasteiger partial charge >= 0.3 is 6.03 Å². The molecule has 1 fully saturated rings. The van der Waals surface area contributed by atoms with Gasteiger partial charge in [0.1, 0.15) is 5.82 Å². The Morgan fingerprint density at radius 2 is 1.96 bits per heavy atom. The number of rotatable bonds is 4. The lowest BCUT2D eigenvalue weighted by Gasteiger charge is -2.18. The molecule has 24 heavy (non-hydrogen) atoms. The molecule has 0 aliphatic heterocycles. The standard InChI is InChI=1S/C19H22N4O/c1-12-16-5-3-2-4-14(16)9-17(12)23-19(24)22-15-10-20-18(21-11-15)8-13-6-7-13/h2-5,10-13,17H,6-9H2,1H3,(H2,22,23,24)/t12-,17+/m0/s1. The highest BCUT2D eigenvalue weighted by Gasteiger charge is 2.29. The molecule has 1 aromatic carbocycles. The largest absolute Gasteiger partial charge is 0.334 e. The van der Waals surface area contributed by atoms with E-state index in [9.17, 15) is 4.79 Å². The monoisotopic (exact) mass is 322 g/mol. The molecular weight excluding hydrogens is 300 g/mol. The minimum atomic E-state index is -0.196. The second-order valence-electron chi connectivity index (χ2n) is 6.93. The van der Waals surface area contributed by atoms with Crippen molar-refractivity contribution < 1.29 is 4.79 Å². The summed E-state index contributed by atoms with van der Waals surface area (Å²) in [5.41, 5.74) is 3.29. The van der Waals surface area contributed by atoms with Crippen LogP contribution in [-0.2, 0) is 12.8 Å². The van der Waals surface area contributed by atoms with Gasteiger partial charge in [-0.05, 0) is 36.3 Å². The number of nitrogens with one attached hydrogen (secondary N) is 2. The third-order valence-electron chi connectivity index (χ3n) is 5.04. The molecule has 0 unspecified atom stereocenters. The second-order valence-corrected chi connectivity index (χ2v) is 6.93. The average molecular weight is 322 g/mol. The van der Waals surface area contributed by atoms with E-state index in [1.165, 1.54) is 24.0 Å². The van der Waals surface area contributed by atoms with E-state index in [4.69, 9.17) is 0 Å². The zero-order chi connectivity index (χ0) is 16.5. The number of anilines is 1. The summed E-state index contributed by atoms with van der Waals surface area (Å²) in [7, 11) is 0. The Morgan fingerprint density at radius 1 is 1.21 bits per heavy atom. The SMILES string of the molecule is C[C@H]1c2ccccc2C[C@H]1NC(=O)Nc1cnc(CC2CC2)nc1. The Morgan fingerprint density at radius 3 is 2.67 bits per heavy atom. The van der Waals surface area contributed by atoms with Crippen LogP contribution in [0, 0.1) is 5.92 Å². The van der Waals surface area contributed by atoms with Crippen molar-refractivity contribution in [1.29, 1.82) is 0 Å². The van der Waals surface area contributed by atoms with Crippen molar-refractivity contribution in [3.8, 4) is 0 Å². The van der Waals surface area contributed by atoms with Crippen LogP contribution in [0.25, 0.3) is 0 Å². The summed E-state index contributed by atoms with van der Waals surface area (Å²) in [5.74, 6) is 1.95. The third-order valence-corrected chi connectivity index (χ3v) is 5.04. The molecule has 2 aromatic rings. The van der Waals surface area contributed by atoms with E-state index in [2.05, 4.69) is 51.8 Å². The molecule has 2 aliphatic rings. The maximum absolute atomic E-state index is 12.3. The van der Waals surface area contributed by atoms with E-state index in [0.29, 0.717) is 11.6 Å². The molecule has 2 amide bonds. The van der Waals surface area contributed by atoms with Crippen molar-refractivity contribution >= 4 is 11.7 Å². The second kappa shape index (κ2) is 6.23.